The number of amides is 1. The van der Waals surface area contributed by atoms with Gasteiger partial charge in [-0.1, -0.05) is 35.1 Å². The Labute approximate surface area is 134 Å². The second kappa shape index (κ2) is 6.74. The van der Waals surface area contributed by atoms with Crippen LogP contribution in [0.15, 0.2) is 22.7 Å². The minimum atomic E-state index is -4.53. The first-order valence-electron chi connectivity index (χ1n) is 5.95. The van der Waals surface area contributed by atoms with E-state index < -0.39 is 17.6 Å². The average molecular weight is 383 g/mol. The number of carbonyl (C=O) groups is 1. The third kappa shape index (κ3) is 4.67. The maximum Gasteiger partial charge on any atom is 0.417 e. The molecule has 0 aliphatic rings. The summed E-state index contributed by atoms with van der Waals surface area (Å²) in [6, 6.07) is 3.37. The Kier molecular flexibility index (Phi) is 5.75. The summed E-state index contributed by atoms with van der Waals surface area (Å²) in [5, 5.41) is 0. The molecule has 0 aliphatic heterocycles. The lowest BCUT2D eigenvalue weighted by atomic mass is 10.1. The summed E-state index contributed by atoms with van der Waals surface area (Å²) in [4.78, 5) is 13.7. The minimum absolute atomic E-state index is 0.0387. The van der Waals surface area contributed by atoms with Crippen molar-refractivity contribution in [2.24, 2.45) is 11.7 Å². The number of halogens is 4. The molecule has 0 fully saturated rings. The van der Waals surface area contributed by atoms with Gasteiger partial charge in [-0.3, -0.25) is 4.79 Å². The Hall–Kier alpha value is -1.15. The molecular formula is C13H14BrF3N2OS. The molecule has 1 aromatic rings. The third-order valence-electron chi connectivity index (χ3n) is 2.90. The van der Waals surface area contributed by atoms with Crippen LogP contribution >= 0.6 is 28.1 Å². The standard InChI is InChI=1S/C13H14BrF3N2OS/c1-7(11(18)21)6-19(2)12(20)8-3-4-10(14)9(5-8)13(15,16)17/h3-5,7H,6H2,1-2H3,(H2,18,21). The zero-order valence-electron chi connectivity index (χ0n) is 11.4. The van der Waals surface area contributed by atoms with Gasteiger partial charge in [-0.05, 0) is 18.2 Å². The highest BCUT2D eigenvalue weighted by molar-refractivity contribution is 9.10. The summed E-state index contributed by atoms with van der Waals surface area (Å²) in [6.07, 6.45) is -4.53. The summed E-state index contributed by atoms with van der Waals surface area (Å²) in [7, 11) is 1.49. The number of benzene rings is 1. The van der Waals surface area contributed by atoms with Crippen molar-refractivity contribution in [1.82, 2.24) is 4.90 Å². The molecule has 1 rings (SSSR count). The first kappa shape index (κ1) is 17.9. The molecule has 1 amide bonds. The van der Waals surface area contributed by atoms with Crippen molar-refractivity contribution in [3.8, 4) is 0 Å². The van der Waals surface area contributed by atoms with Crippen LogP contribution in [-0.4, -0.2) is 29.4 Å². The van der Waals surface area contributed by atoms with Gasteiger partial charge in [-0.15, -0.1) is 0 Å². The topological polar surface area (TPSA) is 46.3 Å². The highest BCUT2D eigenvalue weighted by Crippen LogP contribution is 2.35. The summed E-state index contributed by atoms with van der Waals surface area (Å²) < 4.78 is 38.4. The monoisotopic (exact) mass is 382 g/mol. The maximum atomic E-state index is 12.8. The molecule has 0 aromatic heterocycles. The van der Waals surface area contributed by atoms with E-state index in [1.807, 2.05) is 0 Å². The van der Waals surface area contributed by atoms with E-state index in [2.05, 4.69) is 15.9 Å². The van der Waals surface area contributed by atoms with E-state index in [4.69, 9.17) is 18.0 Å². The van der Waals surface area contributed by atoms with E-state index in [1.165, 1.54) is 24.1 Å². The molecule has 1 unspecified atom stereocenters. The van der Waals surface area contributed by atoms with Gasteiger partial charge >= 0.3 is 6.18 Å². The van der Waals surface area contributed by atoms with Crippen LogP contribution in [0.1, 0.15) is 22.8 Å². The zero-order chi connectivity index (χ0) is 16.4. The van der Waals surface area contributed by atoms with Gasteiger partial charge in [0.1, 0.15) is 0 Å². The number of hydrogen-bond donors (Lipinski definition) is 1. The van der Waals surface area contributed by atoms with Gasteiger partial charge < -0.3 is 10.6 Å². The first-order valence-corrected chi connectivity index (χ1v) is 7.15. The second-order valence-electron chi connectivity index (χ2n) is 4.68. The minimum Gasteiger partial charge on any atom is -0.393 e. The van der Waals surface area contributed by atoms with Crippen LogP contribution in [0.25, 0.3) is 0 Å². The molecule has 0 aliphatic carbocycles. The van der Waals surface area contributed by atoms with Crippen LogP contribution in [0.3, 0.4) is 0 Å². The lowest BCUT2D eigenvalue weighted by molar-refractivity contribution is -0.138. The van der Waals surface area contributed by atoms with E-state index in [0.717, 1.165) is 6.07 Å². The van der Waals surface area contributed by atoms with Crippen LogP contribution in [0.2, 0.25) is 0 Å². The number of hydrogen-bond acceptors (Lipinski definition) is 2. The number of nitrogens with two attached hydrogens (primary N) is 1. The van der Waals surface area contributed by atoms with E-state index in [9.17, 15) is 18.0 Å². The third-order valence-corrected chi connectivity index (χ3v) is 3.99. The molecule has 3 nitrogen and oxygen atoms in total. The summed E-state index contributed by atoms with van der Waals surface area (Å²) in [6.45, 7) is 1.99. The van der Waals surface area contributed by atoms with Crippen molar-refractivity contribution in [1.29, 1.82) is 0 Å². The molecule has 21 heavy (non-hydrogen) atoms. The second-order valence-corrected chi connectivity index (χ2v) is 6.01. The molecule has 0 bridgehead atoms. The van der Waals surface area contributed by atoms with Crippen molar-refractivity contribution in [2.45, 2.75) is 13.1 Å². The molecule has 8 heteroatoms. The fourth-order valence-electron chi connectivity index (χ4n) is 1.68. The average Bonchev–Trinajstić information content (AvgIpc) is 2.36. The van der Waals surface area contributed by atoms with Crippen molar-refractivity contribution in [2.75, 3.05) is 13.6 Å². The Morgan fingerprint density at radius 2 is 2.05 bits per heavy atom. The predicted octanol–water partition coefficient (Wildman–Crippen LogP) is 3.46. The Morgan fingerprint density at radius 1 is 1.48 bits per heavy atom. The number of nitrogens with zero attached hydrogens (tertiary/aromatic N) is 1. The summed E-state index contributed by atoms with van der Waals surface area (Å²) in [5.41, 5.74) is 4.54. The van der Waals surface area contributed by atoms with Crippen molar-refractivity contribution in [3.63, 3.8) is 0 Å². The number of rotatable bonds is 4. The van der Waals surface area contributed by atoms with Gasteiger partial charge in [0.25, 0.3) is 5.91 Å². The highest BCUT2D eigenvalue weighted by Gasteiger charge is 2.33. The Morgan fingerprint density at radius 3 is 2.52 bits per heavy atom. The Balaban J connectivity index is 3.01. The van der Waals surface area contributed by atoms with Gasteiger partial charge in [0.2, 0.25) is 0 Å². The fourth-order valence-corrected chi connectivity index (χ4v) is 2.23. The first-order chi connectivity index (χ1) is 9.54. The SMILES string of the molecule is CC(CN(C)C(=O)c1ccc(Br)c(C(F)(F)F)c1)C(N)=S. The van der Waals surface area contributed by atoms with Crippen molar-refractivity contribution in [3.05, 3.63) is 33.8 Å². The molecule has 0 spiro atoms. The maximum absolute atomic E-state index is 12.8. The molecule has 0 saturated heterocycles. The smallest absolute Gasteiger partial charge is 0.393 e. The molecular weight excluding hydrogens is 369 g/mol. The van der Waals surface area contributed by atoms with E-state index in [1.54, 1.807) is 6.92 Å². The number of thiocarbonyl (C=S) groups is 1. The van der Waals surface area contributed by atoms with Crippen molar-refractivity contribution < 1.29 is 18.0 Å². The van der Waals surface area contributed by atoms with Gasteiger partial charge in [0, 0.05) is 29.5 Å². The number of alkyl halides is 3. The lowest BCUT2D eigenvalue weighted by Crippen LogP contribution is -2.35. The predicted molar refractivity (Wildman–Crippen MR) is 82.1 cm³/mol. The van der Waals surface area contributed by atoms with Crippen LogP contribution < -0.4 is 5.73 Å². The van der Waals surface area contributed by atoms with E-state index >= 15 is 0 Å². The molecule has 1 aromatic carbocycles. The quantitative estimate of drug-likeness (QED) is 0.811. The van der Waals surface area contributed by atoms with Gasteiger partial charge in [0.15, 0.2) is 0 Å². The molecule has 1 atom stereocenters. The van der Waals surface area contributed by atoms with Gasteiger partial charge in [-0.2, -0.15) is 13.2 Å². The summed E-state index contributed by atoms with van der Waals surface area (Å²) >= 11 is 7.64. The molecule has 0 saturated carbocycles. The highest BCUT2D eigenvalue weighted by atomic mass is 79.9. The van der Waals surface area contributed by atoms with E-state index in [-0.39, 0.29) is 27.5 Å². The largest absolute Gasteiger partial charge is 0.417 e. The molecule has 0 heterocycles. The zero-order valence-corrected chi connectivity index (χ0v) is 13.8. The van der Waals surface area contributed by atoms with Crippen LogP contribution in [0.4, 0.5) is 13.2 Å². The lowest BCUT2D eigenvalue weighted by Gasteiger charge is -2.21. The summed E-state index contributed by atoms with van der Waals surface area (Å²) in [5.74, 6) is -0.734. The molecule has 116 valence electrons. The van der Waals surface area contributed by atoms with Crippen LogP contribution in [-0.2, 0) is 6.18 Å². The number of carbonyl (C=O) groups excluding carboxylic acids is 1. The van der Waals surface area contributed by atoms with Crippen molar-refractivity contribution >= 4 is 39.0 Å². The van der Waals surface area contributed by atoms with Gasteiger partial charge in [0.05, 0.1) is 10.6 Å². The van der Waals surface area contributed by atoms with E-state index in [0.29, 0.717) is 0 Å². The normalized spacial score (nSPS) is 12.9. The molecule has 2 N–H and O–H groups in total. The van der Waals surface area contributed by atoms with Crippen LogP contribution in [0.5, 0.6) is 0 Å². The Bertz CT molecular complexity index is 563. The van der Waals surface area contributed by atoms with Crippen LogP contribution in [0, 0.1) is 5.92 Å². The van der Waals surface area contributed by atoms with Gasteiger partial charge in [-0.25, -0.2) is 0 Å². The fraction of sp³-hybridized carbons (Fsp3) is 0.385. The molecule has 0 radical (unpaired) electrons.